The highest BCUT2D eigenvalue weighted by Crippen LogP contribution is 2.21. The molecule has 0 spiro atoms. The third kappa shape index (κ3) is 4.12. The van der Waals surface area contributed by atoms with Crippen molar-refractivity contribution in [3.63, 3.8) is 0 Å². The average Bonchev–Trinajstić information content (AvgIpc) is 2.97. The standard InChI is InChI=1S/C23H22FN3O/c1-4-10-21(18-11-6-5-7-12-18)25-23(28)15-19-16(2)26-27(17(19)3)22-14-9-8-13-20(22)24/h1,5-9,11-14,21H,10,15H2,2-3H3,(H,25,28)/t21-/m0/s1. The fourth-order valence-corrected chi connectivity index (χ4v) is 3.25. The van der Waals surface area contributed by atoms with Crippen LogP contribution < -0.4 is 5.32 Å². The first-order chi connectivity index (χ1) is 13.5. The highest BCUT2D eigenvalue weighted by Gasteiger charge is 2.19. The zero-order valence-electron chi connectivity index (χ0n) is 15.9. The summed E-state index contributed by atoms with van der Waals surface area (Å²) < 4.78 is 15.7. The second kappa shape index (κ2) is 8.53. The van der Waals surface area contributed by atoms with Crippen LogP contribution in [0.1, 0.15) is 35.0 Å². The van der Waals surface area contributed by atoms with Gasteiger partial charge in [-0.15, -0.1) is 12.3 Å². The minimum absolute atomic E-state index is 0.150. The first-order valence-electron chi connectivity index (χ1n) is 9.09. The number of nitrogens with one attached hydrogen (secondary N) is 1. The third-order valence-corrected chi connectivity index (χ3v) is 4.72. The fraction of sp³-hybridized carbons (Fsp3) is 0.217. The lowest BCUT2D eigenvalue weighted by Gasteiger charge is -2.17. The lowest BCUT2D eigenvalue weighted by Crippen LogP contribution is -2.30. The van der Waals surface area contributed by atoms with Gasteiger partial charge in [-0.2, -0.15) is 5.10 Å². The molecular formula is C23H22FN3O. The van der Waals surface area contributed by atoms with E-state index < -0.39 is 0 Å². The Morgan fingerprint density at radius 2 is 1.86 bits per heavy atom. The number of terminal acetylenes is 1. The number of hydrogen-bond acceptors (Lipinski definition) is 2. The first kappa shape index (κ1) is 19.4. The van der Waals surface area contributed by atoms with E-state index in [4.69, 9.17) is 6.42 Å². The zero-order valence-corrected chi connectivity index (χ0v) is 15.9. The van der Waals surface area contributed by atoms with Crippen LogP contribution in [0, 0.1) is 32.0 Å². The number of nitrogens with zero attached hydrogens (tertiary/aromatic N) is 2. The van der Waals surface area contributed by atoms with Crippen LogP contribution in [0.3, 0.4) is 0 Å². The predicted molar refractivity (Wildman–Crippen MR) is 107 cm³/mol. The van der Waals surface area contributed by atoms with Crippen molar-refractivity contribution in [3.05, 3.63) is 82.9 Å². The van der Waals surface area contributed by atoms with Crippen molar-refractivity contribution in [2.45, 2.75) is 32.7 Å². The molecule has 1 N–H and O–H groups in total. The molecule has 0 aliphatic rings. The molecule has 0 aliphatic carbocycles. The van der Waals surface area contributed by atoms with Crippen LogP contribution in [0.25, 0.3) is 5.69 Å². The van der Waals surface area contributed by atoms with Gasteiger partial charge in [0, 0.05) is 17.7 Å². The molecule has 4 nitrogen and oxygen atoms in total. The Morgan fingerprint density at radius 1 is 1.18 bits per heavy atom. The number of hydrogen-bond donors (Lipinski definition) is 1. The van der Waals surface area contributed by atoms with Crippen LogP contribution in [0.4, 0.5) is 4.39 Å². The molecule has 1 aromatic heterocycles. The highest BCUT2D eigenvalue weighted by atomic mass is 19.1. The van der Waals surface area contributed by atoms with Crippen LogP contribution in [0.2, 0.25) is 0 Å². The van der Waals surface area contributed by atoms with Crippen LogP contribution in [0.5, 0.6) is 0 Å². The Labute approximate surface area is 164 Å². The van der Waals surface area contributed by atoms with Gasteiger partial charge in [0.2, 0.25) is 5.91 Å². The Kier molecular flexibility index (Phi) is 5.90. The summed E-state index contributed by atoms with van der Waals surface area (Å²) in [7, 11) is 0. The molecular weight excluding hydrogens is 353 g/mol. The molecule has 28 heavy (non-hydrogen) atoms. The number of benzene rings is 2. The highest BCUT2D eigenvalue weighted by molar-refractivity contribution is 5.79. The minimum atomic E-state index is -0.359. The summed E-state index contributed by atoms with van der Waals surface area (Å²) in [5.41, 5.74) is 3.55. The van der Waals surface area contributed by atoms with Crippen molar-refractivity contribution in [2.24, 2.45) is 0 Å². The van der Waals surface area contributed by atoms with Crippen molar-refractivity contribution in [1.82, 2.24) is 15.1 Å². The number of aromatic nitrogens is 2. The van der Waals surface area contributed by atoms with Gasteiger partial charge in [0.25, 0.3) is 0 Å². The van der Waals surface area contributed by atoms with E-state index in [0.717, 1.165) is 16.8 Å². The predicted octanol–water partition coefficient (Wildman–Crippen LogP) is 4.05. The number of rotatable bonds is 6. The van der Waals surface area contributed by atoms with E-state index in [1.54, 1.807) is 22.9 Å². The fourth-order valence-electron chi connectivity index (χ4n) is 3.25. The molecule has 0 saturated heterocycles. The summed E-state index contributed by atoms with van der Waals surface area (Å²) in [5, 5.41) is 7.44. The molecule has 2 aromatic carbocycles. The molecule has 1 heterocycles. The minimum Gasteiger partial charge on any atom is -0.348 e. The number of amides is 1. The van der Waals surface area contributed by atoms with Gasteiger partial charge in [0.1, 0.15) is 11.5 Å². The monoisotopic (exact) mass is 375 g/mol. The van der Waals surface area contributed by atoms with Gasteiger partial charge in [-0.3, -0.25) is 4.79 Å². The summed E-state index contributed by atoms with van der Waals surface area (Å²) in [6.45, 7) is 3.66. The van der Waals surface area contributed by atoms with Crippen molar-refractivity contribution in [2.75, 3.05) is 0 Å². The third-order valence-electron chi connectivity index (χ3n) is 4.72. The van der Waals surface area contributed by atoms with Crippen molar-refractivity contribution in [3.8, 4) is 18.0 Å². The molecule has 142 valence electrons. The summed E-state index contributed by atoms with van der Waals surface area (Å²) in [5.74, 6) is 2.11. The van der Waals surface area contributed by atoms with E-state index in [1.165, 1.54) is 6.07 Å². The van der Waals surface area contributed by atoms with Gasteiger partial charge >= 0.3 is 0 Å². The average molecular weight is 375 g/mol. The van der Waals surface area contributed by atoms with Gasteiger partial charge < -0.3 is 5.32 Å². The van der Waals surface area contributed by atoms with E-state index in [9.17, 15) is 9.18 Å². The van der Waals surface area contributed by atoms with Crippen LogP contribution in [-0.2, 0) is 11.2 Å². The van der Waals surface area contributed by atoms with E-state index in [2.05, 4.69) is 16.3 Å². The van der Waals surface area contributed by atoms with Gasteiger partial charge in [-0.25, -0.2) is 9.07 Å². The van der Waals surface area contributed by atoms with E-state index in [-0.39, 0.29) is 24.2 Å². The summed E-state index contributed by atoms with van der Waals surface area (Å²) in [4.78, 5) is 12.7. The maximum Gasteiger partial charge on any atom is 0.225 e. The Morgan fingerprint density at radius 3 is 2.54 bits per heavy atom. The molecule has 1 atom stereocenters. The molecule has 3 rings (SSSR count). The van der Waals surface area contributed by atoms with Gasteiger partial charge in [0.05, 0.1) is 18.2 Å². The van der Waals surface area contributed by atoms with Gasteiger partial charge in [-0.1, -0.05) is 42.5 Å². The summed E-state index contributed by atoms with van der Waals surface area (Å²) in [6, 6.07) is 15.8. The quantitative estimate of drug-likeness (QED) is 0.661. The SMILES string of the molecule is C#CC[C@H](NC(=O)Cc1c(C)nn(-c2ccccc2F)c1C)c1ccccc1. The van der Waals surface area contributed by atoms with Crippen LogP contribution in [0.15, 0.2) is 54.6 Å². The second-order valence-corrected chi connectivity index (χ2v) is 6.63. The molecule has 0 aliphatic heterocycles. The topological polar surface area (TPSA) is 46.9 Å². The van der Waals surface area contributed by atoms with Gasteiger partial charge in [-0.05, 0) is 31.5 Å². The Hall–Kier alpha value is -3.39. The molecule has 0 saturated carbocycles. The van der Waals surface area contributed by atoms with Crippen molar-refractivity contribution in [1.29, 1.82) is 0 Å². The van der Waals surface area contributed by atoms with Crippen molar-refractivity contribution >= 4 is 5.91 Å². The number of carbonyl (C=O) groups excluding carboxylic acids is 1. The number of aryl methyl sites for hydroxylation is 1. The normalized spacial score (nSPS) is 11.6. The molecule has 0 radical (unpaired) electrons. The molecule has 3 aromatic rings. The molecule has 1 amide bonds. The maximum atomic E-state index is 14.1. The van der Waals surface area contributed by atoms with E-state index in [0.29, 0.717) is 17.8 Å². The Bertz CT molecular complexity index is 1020. The largest absolute Gasteiger partial charge is 0.348 e. The van der Waals surface area contributed by atoms with Crippen LogP contribution >= 0.6 is 0 Å². The lowest BCUT2D eigenvalue weighted by molar-refractivity contribution is -0.121. The number of para-hydroxylation sites is 1. The van der Waals surface area contributed by atoms with Gasteiger partial charge in [0.15, 0.2) is 0 Å². The smallest absolute Gasteiger partial charge is 0.225 e. The Balaban J connectivity index is 1.81. The van der Waals surface area contributed by atoms with E-state index in [1.807, 2.05) is 44.2 Å². The van der Waals surface area contributed by atoms with Crippen molar-refractivity contribution < 1.29 is 9.18 Å². The molecule has 0 unspecified atom stereocenters. The zero-order chi connectivity index (χ0) is 20.1. The summed E-state index contributed by atoms with van der Waals surface area (Å²) in [6.07, 6.45) is 6.03. The van der Waals surface area contributed by atoms with Crippen LogP contribution in [-0.4, -0.2) is 15.7 Å². The second-order valence-electron chi connectivity index (χ2n) is 6.63. The molecule has 0 fully saturated rings. The van der Waals surface area contributed by atoms with E-state index >= 15 is 0 Å². The maximum absolute atomic E-state index is 14.1. The number of halogens is 1. The summed E-state index contributed by atoms with van der Waals surface area (Å²) >= 11 is 0. The molecule has 0 bridgehead atoms. The number of carbonyl (C=O) groups is 1. The first-order valence-corrected chi connectivity index (χ1v) is 9.09. The lowest BCUT2D eigenvalue weighted by atomic mass is 10.0. The molecule has 5 heteroatoms.